The maximum Gasteiger partial charge on any atom is 0.134 e. The van der Waals surface area contributed by atoms with Crippen LogP contribution in [0.2, 0.25) is 0 Å². The number of para-hydroxylation sites is 1. The molecule has 1 aromatic heterocycles. The van der Waals surface area contributed by atoms with Crippen molar-refractivity contribution in [1.29, 1.82) is 0 Å². The number of rotatable bonds is 3. The lowest BCUT2D eigenvalue weighted by Crippen LogP contribution is -2.46. The molecule has 0 saturated carbocycles. The van der Waals surface area contributed by atoms with Crippen LogP contribution in [0.5, 0.6) is 0 Å². The van der Waals surface area contributed by atoms with E-state index in [-0.39, 0.29) is 0 Å². The maximum absolute atomic E-state index is 5.96. The normalized spacial score (nSPS) is 22.4. The monoisotopic (exact) mass is 298 g/mol. The molecule has 2 aromatic rings. The first kappa shape index (κ1) is 14.3. The zero-order chi connectivity index (χ0) is 14.8. The van der Waals surface area contributed by atoms with E-state index in [9.17, 15) is 0 Å². The van der Waals surface area contributed by atoms with E-state index in [1.54, 1.807) is 0 Å². The van der Waals surface area contributed by atoms with Gasteiger partial charge in [0.2, 0.25) is 0 Å². The number of fused-ring (bicyclic) bond motifs is 1. The Hall–Kier alpha value is -1.32. The molecule has 2 saturated heterocycles. The number of hydrogen-bond acceptors (Lipinski definition) is 3. The average Bonchev–Trinajstić information content (AvgIpc) is 2.98. The first-order valence-electron chi connectivity index (χ1n) is 8.82. The average molecular weight is 298 g/mol. The van der Waals surface area contributed by atoms with E-state index >= 15 is 0 Å². The molecule has 0 spiro atoms. The minimum atomic E-state index is 0.826. The van der Waals surface area contributed by atoms with Crippen molar-refractivity contribution in [2.45, 2.75) is 44.7 Å². The first-order valence-corrected chi connectivity index (χ1v) is 8.82. The molecule has 0 aliphatic carbocycles. The van der Waals surface area contributed by atoms with Gasteiger partial charge in [0.1, 0.15) is 11.3 Å². The molecule has 2 fully saturated rings. The number of likely N-dealkylation sites (tertiary alicyclic amines) is 2. The quantitative estimate of drug-likeness (QED) is 0.857. The van der Waals surface area contributed by atoms with Crippen molar-refractivity contribution in [2.24, 2.45) is 0 Å². The standard InChI is InChI=1S/C19H26N2O/c1-4-10-21(11-5-1)17-8-12-20(13-9-17)15-18-14-16-6-2-3-7-19(16)22-18/h2-3,6-7,14,17H,1,4-5,8-13,15H2. The third-order valence-corrected chi connectivity index (χ3v) is 5.32. The Morgan fingerprint density at radius 2 is 1.73 bits per heavy atom. The van der Waals surface area contributed by atoms with Gasteiger partial charge >= 0.3 is 0 Å². The molecule has 0 N–H and O–H groups in total. The Balaban J connectivity index is 1.33. The first-order chi connectivity index (χ1) is 10.9. The Morgan fingerprint density at radius 3 is 2.50 bits per heavy atom. The summed E-state index contributed by atoms with van der Waals surface area (Å²) in [6.07, 6.45) is 6.88. The number of benzene rings is 1. The van der Waals surface area contributed by atoms with Crippen molar-refractivity contribution in [2.75, 3.05) is 26.2 Å². The highest BCUT2D eigenvalue weighted by Crippen LogP contribution is 2.24. The molecule has 2 aliphatic rings. The van der Waals surface area contributed by atoms with Crippen LogP contribution in [0.15, 0.2) is 34.7 Å². The molecular formula is C19H26N2O. The van der Waals surface area contributed by atoms with Crippen LogP contribution in [-0.2, 0) is 6.54 Å². The van der Waals surface area contributed by atoms with E-state index in [2.05, 4.69) is 34.1 Å². The second kappa shape index (κ2) is 6.43. The minimum absolute atomic E-state index is 0.826. The van der Waals surface area contributed by atoms with Crippen LogP contribution in [0.25, 0.3) is 11.0 Å². The summed E-state index contributed by atoms with van der Waals surface area (Å²) in [6.45, 7) is 6.03. The Morgan fingerprint density at radius 1 is 0.955 bits per heavy atom. The number of furan rings is 1. The van der Waals surface area contributed by atoms with Crippen LogP contribution in [-0.4, -0.2) is 42.0 Å². The molecule has 0 unspecified atom stereocenters. The van der Waals surface area contributed by atoms with Gasteiger partial charge in [-0.15, -0.1) is 0 Å². The highest BCUT2D eigenvalue weighted by Gasteiger charge is 2.25. The third-order valence-electron chi connectivity index (χ3n) is 5.32. The highest BCUT2D eigenvalue weighted by atomic mass is 16.3. The van der Waals surface area contributed by atoms with Gasteiger partial charge in [-0.2, -0.15) is 0 Å². The Bertz CT molecular complexity index is 574. The Kier molecular flexibility index (Phi) is 4.17. The van der Waals surface area contributed by atoms with Gasteiger partial charge in [0.05, 0.1) is 6.54 Å². The van der Waals surface area contributed by atoms with Crippen LogP contribution in [0.1, 0.15) is 37.9 Å². The summed E-state index contributed by atoms with van der Waals surface area (Å²) in [4.78, 5) is 5.29. The SMILES string of the molecule is c1ccc2oc(CN3CCC(N4CCCCC4)CC3)cc2c1. The van der Waals surface area contributed by atoms with Crippen molar-refractivity contribution in [1.82, 2.24) is 9.80 Å². The molecule has 0 amide bonds. The van der Waals surface area contributed by atoms with Gasteiger partial charge < -0.3 is 9.32 Å². The zero-order valence-corrected chi connectivity index (χ0v) is 13.3. The lowest BCUT2D eigenvalue weighted by Gasteiger charge is -2.40. The smallest absolute Gasteiger partial charge is 0.134 e. The van der Waals surface area contributed by atoms with E-state index in [0.29, 0.717) is 0 Å². The Labute approximate surface area is 132 Å². The molecular weight excluding hydrogens is 272 g/mol. The molecule has 2 aliphatic heterocycles. The fraction of sp³-hybridized carbons (Fsp3) is 0.579. The van der Waals surface area contributed by atoms with Crippen molar-refractivity contribution in [3.63, 3.8) is 0 Å². The predicted molar refractivity (Wildman–Crippen MR) is 89.9 cm³/mol. The molecule has 1 aromatic carbocycles. The van der Waals surface area contributed by atoms with Crippen molar-refractivity contribution < 1.29 is 4.42 Å². The third kappa shape index (κ3) is 3.06. The van der Waals surface area contributed by atoms with Crippen LogP contribution in [0.3, 0.4) is 0 Å². The van der Waals surface area contributed by atoms with Crippen molar-refractivity contribution >= 4 is 11.0 Å². The number of nitrogens with zero attached hydrogens (tertiary/aromatic N) is 2. The zero-order valence-electron chi connectivity index (χ0n) is 13.3. The van der Waals surface area contributed by atoms with E-state index in [1.165, 1.54) is 63.7 Å². The molecule has 3 nitrogen and oxygen atoms in total. The summed E-state index contributed by atoms with van der Waals surface area (Å²) in [7, 11) is 0. The number of hydrogen-bond donors (Lipinski definition) is 0. The lowest BCUT2D eigenvalue weighted by atomic mass is 10.00. The molecule has 118 valence electrons. The van der Waals surface area contributed by atoms with Crippen molar-refractivity contribution in [3.05, 3.63) is 36.1 Å². The topological polar surface area (TPSA) is 19.6 Å². The molecule has 0 atom stereocenters. The van der Waals surface area contributed by atoms with E-state index in [0.717, 1.165) is 23.9 Å². The van der Waals surface area contributed by atoms with Gasteiger partial charge in [0.15, 0.2) is 0 Å². The molecule has 0 radical (unpaired) electrons. The van der Waals surface area contributed by atoms with Crippen molar-refractivity contribution in [3.8, 4) is 0 Å². The lowest BCUT2D eigenvalue weighted by molar-refractivity contribution is 0.0869. The molecule has 3 heterocycles. The second-order valence-electron chi connectivity index (χ2n) is 6.85. The number of piperidine rings is 2. The van der Waals surface area contributed by atoms with Gasteiger partial charge in [-0.1, -0.05) is 24.6 Å². The largest absolute Gasteiger partial charge is 0.460 e. The van der Waals surface area contributed by atoms with E-state index in [4.69, 9.17) is 4.42 Å². The molecule has 22 heavy (non-hydrogen) atoms. The summed E-state index contributed by atoms with van der Waals surface area (Å²) >= 11 is 0. The van der Waals surface area contributed by atoms with Crippen LogP contribution in [0, 0.1) is 0 Å². The molecule has 0 bridgehead atoms. The van der Waals surface area contributed by atoms with Gasteiger partial charge in [-0.05, 0) is 50.9 Å². The van der Waals surface area contributed by atoms with Crippen LogP contribution < -0.4 is 0 Å². The van der Waals surface area contributed by atoms with Gasteiger partial charge in [-0.3, -0.25) is 4.90 Å². The fourth-order valence-electron chi connectivity index (χ4n) is 4.06. The van der Waals surface area contributed by atoms with Crippen LogP contribution >= 0.6 is 0 Å². The van der Waals surface area contributed by atoms with E-state index < -0.39 is 0 Å². The second-order valence-corrected chi connectivity index (χ2v) is 6.85. The van der Waals surface area contributed by atoms with Crippen LogP contribution in [0.4, 0.5) is 0 Å². The molecule has 3 heteroatoms. The summed E-state index contributed by atoms with van der Waals surface area (Å²) in [5.41, 5.74) is 1.01. The van der Waals surface area contributed by atoms with E-state index in [1.807, 2.05) is 6.07 Å². The minimum Gasteiger partial charge on any atom is -0.460 e. The molecule has 4 rings (SSSR count). The van der Waals surface area contributed by atoms with Gasteiger partial charge in [0.25, 0.3) is 0 Å². The maximum atomic E-state index is 5.96. The van der Waals surface area contributed by atoms with Gasteiger partial charge in [0, 0.05) is 24.5 Å². The fourth-order valence-corrected chi connectivity index (χ4v) is 4.06. The highest BCUT2D eigenvalue weighted by molar-refractivity contribution is 5.77. The van der Waals surface area contributed by atoms with Gasteiger partial charge in [-0.25, -0.2) is 0 Å². The summed E-state index contributed by atoms with van der Waals surface area (Å²) < 4.78 is 5.96. The summed E-state index contributed by atoms with van der Waals surface area (Å²) in [5, 5.41) is 1.22. The predicted octanol–water partition coefficient (Wildman–Crippen LogP) is 3.88. The summed E-state index contributed by atoms with van der Waals surface area (Å²) in [5.74, 6) is 1.11. The summed E-state index contributed by atoms with van der Waals surface area (Å²) in [6, 6.07) is 11.3.